The number of methoxy groups -OCH3 is 2. The Morgan fingerprint density at radius 2 is 2.00 bits per heavy atom. The quantitative estimate of drug-likeness (QED) is 0.734. The molecule has 0 heterocycles. The van der Waals surface area contributed by atoms with Crippen LogP contribution in [0.2, 0.25) is 0 Å². The smallest absolute Gasteiger partial charge is 0.311 e. The number of hydrogen-bond acceptors (Lipinski definition) is 3. The van der Waals surface area contributed by atoms with Crippen LogP contribution in [0.4, 0.5) is 0 Å². The van der Waals surface area contributed by atoms with Crippen molar-refractivity contribution in [1.82, 2.24) is 0 Å². The van der Waals surface area contributed by atoms with Crippen LogP contribution in [0, 0.1) is 11.3 Å². The fourth-order valence-electron chi connectivity index (χ4n) is 5.68. The zero-order valence-corrected chi connectivity index (χ0v) is 16.4. The molecule has 3 heteroatoms. The van der Waals surface area contributed by atoms with Crippen molar-refractivity contribution in [2.45, 2.75) is 71.1 Å². The molecule has 0 radical (unpaired) electrons. The van der Waals surface area contributed by atoms with Gasteiger partial charge >= 0.3 is 5.97 Å². The van der Waals surface area contributed by atoms with Crippen LogP contribution >= 0.6 is 0 Å². The first-order valence-electron chi connectivity index (χ1n) is 9.69. The molecule has 1 aromatic rings. The van der Waals surface area contributed by atoms with E-state index in [1.807, 2.05) is 0 Å². The molecule has 0 saturated heterocycles. The Bertz CT molecular complexity index is 665. The zero-order valence-electron chi connectivity index (χ0n) is 16.4. The van der Waals surface area contributed by atoms with Crippen LogP contribution in [0.15, 0.2) is 12.1 Å². The van der Waals surface area contributed by atoms with Crippen molar-refractivity contribution in [3.05, 3.63) is 28.8 Å². The summed E-state index contributed by atoms with van der Waals surface area (Å²) in [6.45, 7) is 6.68. The number of ether oxygens (including phenoxy) is 2. The van der Waals surface area contributed by atoms with Crippen molar-refractivity contribution < 1.29 is 14.3 Å². The maximum Gasteiger partial charge on any atom is 0.311 e. The molecule has 1 fully saturated rings. The van der Waals surface area contributed by atoms with Crippen molar-refractivity contribution in [1.29, 1.82) is 0 Å². The van der Waals surface area contributed by atoms with E-state index in [2.05, 4.69) is 32.9 Å². The minimum atomic E-state index is -0.380. The number of rotatable bonds is 4. The lowest BCUT2D eigenvalue weighted by atomic mass is 9.49. The van der Waals surface area contributed by atoms with Gasteiger partial charge in [-0.2, -0.15) is 0 Å². The molecule has 3 atom stereocenters. The van der Waals surface area contributed by atoms with Crippen molar-refractivity contribution in [3.63, 3.8) is 0 Å². The molecule has 0 spiro atoms. The number of carbonyl (C=O) groups is 1. The van der Waals surface area contributed by atoms with Gasteiger partial charge in [0, 0.05) is 0 Å². The average molecular weight is 344 g/mol. The molecule has 25 heavy (non-hydrogen) atoms. The van der Waals surface area contributed by atoms with E-state index in [0.717, 1.165) is 50.7 Å². The van der Waals surface area contributed by atoms with Crippen molar-refractivity contribution in [2.75, 3.05) is 14.2 Å². The standard InChI is InChI=1S/C22H32O3/c1-6-8-16-13-15-9-10-19-21(2,17(15)14-18(16)24-4)11-7-12-22(19,3)20(23)25-5/h13-14,19H,6-12H2,1-5H3/t19-,21-,22+/m1/s1. The first-order chi connectivity index (χ1) is 11.9. The van der Waals surface area contributed by atoms with Gasteiger partial charge in [0.25, 0.3) is 0 Å². The second-order valence-electron chi connectivity index (χ2n) is 8.34. The van der Waals surface area contributed by atoms with Crippen molar-refractivity contribution >= 4 is 5.97 Å². The Kier molecular flexibility index (Phi) is 4.87. The minimum absolute atomic E-state index is 0.0206. The number of hydrogen-bond donors (Lipinski definition) is 0. The van der Waals surface area contributed by atoms with E-state index in [-0.39, 0.29) is 16.8 Å². The fourth-order valence-corrected chi connectivity index (χ4v) is 5.68. The van der Waals surface area contributed by atoms with Gasteiger partial charge in [0.1, 0.15) is 5.75 Å². The highest BCUT2D eigenvalue weighted by molar-refractivity contribution is 5.77. The van der Waals surface area contributed by atoms with Gasteiger partial charge in [0.05, 0.1) is 19.6 Å². The van der Waals surface area contributed by atoms with Gasteiger partial charge in [-0.15, -0.1) is 0 Å². The summed E-state index contributed by atoms with van der Waals surface area (Å²) in [5.41, 5.74) is 3.81. The summed E-state index contributed by atoms with van der Waals surface area (Å²) in [6, 6.07) is 4.64. The van der Waals surface area contributed by atoms with Crippen LogP contribution in [-0.4, -0.2) is 20.2 Å². The van der Waals surface area contributed by atoms with E-state index >= 15 is 0 Å². The normalized spacial score (nSPS) is 31.0. The largest absolute Gasteiger partial charge is 0.496 e. The summed E-state index contributed by atoms with van der Waals surface area (Å²) in [6.07, 6.45) is 7.41. The molecule has 3 rings (SSSR count). The Morgan fingerprint density at radius 1 is 1.24 bits per heavy atom. The third-order valence-corrected chi connectivity index (χ3v) is 6.93. The van der Waals surface area contributed by atoms with E-state index < -0.39 is 0 Å². The minimum Gasteiger partial charge on any atom is -0.496 e. The van der Waals surface area contributed by atoms with Crippen LogP contribution in [0.5, 0.6) is 5.75 Å². The molecular formula is C22H32O3. The molecule has 0 aliphatic heterocycles. The fraction of sp³-hybridized carbons (Fsp3) is 0.682. The summed E-state index contributed by atoms with van der Waals surface area (Å²) in [7, 11) is 3.29. The Labute approximate surface area is 152 Å². The van der Waals surface area contributed by atoms with Gasteiger partial charge in [-0.05, 0) is 73.1 Å². The highest BCUT2D eigenvalue weighted by atomic mass is 16.5. The lowest BCUT2D eigenvalue weighted by Gasteiger charge is -2.54. The Balaban J connectivity index is 2.09. The number of aryl methyl sites for hydroxylation is 2. The van der Waals surface area contributed by atoms with Gasteiger partial charge in [0.15, 0.2) is 0 Å². The summed E-state index contributed by atoms with van der Waals surface area (Å²) < 4.78 is 10.9. The van der Waals surface area contributed by atoms with Gasteiger partial charge in [-0.3, -0.25) is 4.79 Å². The predicted molar refractivity (Wildman–Crippen MR) is 100 cm³/mol. The highest BCUT2D eigenvalue weighted by Gasteiger charge is 2.55. The molecule has 2 aliphatic carbocycles. The van der Waals surface area contributed by atoms with Crippen LogP contribution in [-0.2, 0) is 27.8 Å². The van der Waals surface area contributed by atoms with Crippen molar-refractivity contribution in [2.24, 2.45) is 11.3 Å². The third-order valence-electron chi connectivity index (χ3n) is 6.93. The van der Waals surface area contributed by atoms with Gasteiger partial charge < -0.3 is 9.47 Å². The molecule has 0 amide bonds. The second-order valence-corrected chi connectivity index (χ2v) is 8.34. The summed E-state index contributed by atoms with van der Waals surface area (Å²) in [4.78, 5) is 12.6. The number of benzene rings is 1. The van der Waals surface area contributed by atoms with Crippen LogP contribution in [0.3, 0.4) is 0 Å². The molecule has 0 N–H and O–H groups in total. The molecule has 0 unspecified atom stereocenters. The maximum absolute atomic E-state index is 12.6. The zero-order chi connectivity index (χ0) is 18.2. The van der Waals surface area contributed by atoms with Crippen LogP contribution in [0.25, 0.3) is 0 Å². The van der Waals surface area contributed by atoms with Crippen LogP contribution in [0.1, 0.15) is 69.6 Å². The highest BCUT2D eigenvalue weighted by Crippen LogP contribution is 2.58. The summed E-state index contributed by atoms with van der Waals surface area (Å²) in [5, 5.41) is 0. The van der Waals surface area contributed by atoms with Gasteiger partial charge in [-0.25, -0.2) is 0 Å². The first-order valence-corrected chi connectivity index (χ1v) is 9.69. The van der Waals surface area contributed by atoms with Crippen molar-refractivity contribution in [3.8, 4) is 5.75 Å². The molecule has 1 aromatic carbocycles. The molecule has 3 nitrogen and oxygen atoms in total. The SMILES string of the molecule is CCCc1cc2c(cc1OC)[C@@]1(C)CCC[C@](C)(C(=O)OC)[C@@H]1CC2. The monoisotopic (exact) mass is 344 g/mol. The first kappa shape index (κ1) is 18.3. The van der Waals surface area contributed by atoms with E-state index in [0.29, 0.717) is 5.92 Å². The Morgan fingerprint density at radius 3 is 2.64 bits per heavy atom. The topological polar surface area (TPSA) is 35.5 Å². The number of fused-ring (bicyclic) bond motifs is 3. The average Bonchev–Trinajstić information content (AvgIpc) is 2.60. The molecule has 1 saturated carbocycles. The molecule has 0 bridgehead atoms. The maximum atomic E-state index is 12.6. The summed E-state index contributed by atoms with van der Waals surface area (Å²) >= 11 is 0. The molecule has 0 aromatic heterocycles. The lowest BCUT2D eigenvalue weighted by Crippen LogP contribution is -2.52. The van der Waals surface area contributed by atoms with Crippen LogP contribution < -0.4 is 4.74 Å². The predicted octanol–water partition coefficient (Wildman–Crippen LogP) is 4.83. The number of esters is 1. The third kappa shape index (κ3) is 2.76. The van der Waals surface area contributed by atoms with E-state index in [1.165, 1.54) is 23.8 Å². The number of carbonyl (C=O) groups excluding carboxylic acids is 1. The summed E-state index contributed by atoms with van der Waals surface area (Å²) in [5.74, 6) is 1.30. The Hall–Kier alpha value is -1.51. The van der Waals surface area contributed by atoms with E-state index in [9.17, 15) is 4.79 Å². The molecular weight excluding hydrogens is 312 g/mol. The lowest BCUT2D eigenvalue weighted by molar-refractivity contribution is -0.161. The van der Waals surface area contributed by atoms with E-state index in [1.54, 1.807) is 7.11 Å². The molecule has 2 aliphatic rings. The van der Waals surface area contributed by atoms with E-state index in [4.69, 9.17) is 9.47 Å². The van der Waals surface area contributed by atoms with Gasteiger partial charge in [0.2, 0.25) is 0 Å². The molecule has 138 valence electrons. The second kappa shape index (κ2) is 6.66. The van der Waals surface area contributed by atoms with Gasteiger partial charge in [-0.1, -0.05) is 32.8 Å².